The second-order valence-electron chi connectivity index (χ2n) is 6.31. The fourth-order valence-electron chi connectivity index (χ4n) is 2.44. The SMILES string of the molecule is CCC(C)NC(=O)c1ccc(S(=O)(=O)NCCc2cccc(OC)c2)cc1. The van der Waals surface area contributed by atoms with Crippen molar-refractivity contribution in [1.29, 1.82) is 0 Å². The van der Waals surface area contributed by atoms with Crippen LogP contribution in [0.25, 0.3) is 0 Å². The van der Waals surface area contributed by atoms with E-state index < -0.39 is 10.0 Å². The van der Waals surface area contributed by atoms with E-state index in [4.69, 9.17) is 4.74 Å². The molecule has 0 heterocycles. The molecule has 27 heavy (non-hydrogen) atoms. The van der Waals surface area contributed by atoms with Gasteiger partial charge in [0.25, 0.3) is 5.91 Å². The topological polar surface area (TPSA) is 84.5 Å². The summed E-state index contributed by atoms with van der Waals surface area (Å²) in [6.07, 6.45) is 1.38. The Bertz CT molecular complexity index is 864. The van der Waals surface area contributed by atoms with Gasteiger partial charge in [-0.3, -0.25) is 4.79 Å². The average molecular weight is 391 g/mol. The number of hydrogen-bond donors (Lipinski definition) is 2. The maximum Gasteiger partial charge on any atom is 0.251 e. The van der Waals surface area contributed by atoms with Gasteiger partial charge in [0.1, 0.15) is 5.75 Å². The second kappa shape index (κ2) is 9.53. The summed E-state index contributed by atoms with van der Waals surface area (Å²) >= 11 is 0. The van der Waals surface area contributed by atoms with Gasteiger partial charge in [0.2, 0.25) is 10.0 Å². The summed E-state index contributed by atoms with van der Waals surface area (Å²) in [5.41, 5.74) is 1.42. The molecule has 2 N–H and O–H groups in total. The molecule has 0 spiro atoms. The van der Waals surface area contributed by atoms with Crippen LogP contribution in [0.15, 0.2) is 53.4 Å². The lowest BCUT2D eigenvalue weighted by molar-refractivity contribution is 0.0939. The Labute approximate surface area is 161 Å². The monoisotopic (exact) mass is 390 g/mol. The van der Waals surface area contributed by atoms with Crippen LogP contribution < -0.4 is 14.8 Å². The third-order valence-corrected chi connectivity index (χ3v) is 5.73. The van der Waals surface area contributed by atoms with Gasteiger partial charge < -0.3 is 10.1 Å². The molecule has 0 aliphatic rings. The molecule has 1 amide bonds. The molecular formula is C20H26N2O4S. The number of ether oxygens (including phenoxy) is 1. The van der Waals surface area contributed by atoms with Gasteiger partial charge in [0.15, 0.2) is 0 Å². The van der Waals surface area contributed by atoms with Crippen molar-refractivity contribution in [3.8, 4) is 5.75 Å². The molecule has 6 nitrogen and oxygen atoms in total. The fraction of sp³-hybridized carbons (Fsp3) is 0.350. The van der Waals surface area contributed by atoms with Crippen molar-refractivity contribution in [2.75, 3.05) is 13.7 Å². The van der Waals surface area contributed by atoms with Gasteiger partial charge in [-0.15, -0.1) is 0 Å². The first-order valence-electron chi connectivity index (χ1n) is 8.89. The third-order valence-electron chi connectivity index (χ3n) is 4.26. The standard InChI is InChI=1S/C20H26N2O4S/c1-4-15(2)22-20(23)17-8-10-19(11-9-17)27(24,25)21-13-12-16-6-5-7-18(14-16)26-3/h5-11,14-15,21H,4,12-13H2,1-3H3,(H,22,23). The van der Waals surface area contributed by atoms with E-state index in [1.165, 1.54) is 24.3 Å². The molecule has 0 saturated carbocycles. The molecule has 0 fully saturated rings. The normalized spacial score (nSPS) is 12.4. The van der Waals surface area contributed by atoms with Crippen LogP contribution >= 0.6 is 0 Å². The van der Waals surface area contributed by atoms with E-state index in [0.717, 1.165) is 17.7 Å². The maximum absolute atomic E-state index is 12.4. The van der Waals surface area contributed by atoms with Crippen LogP contribution in [0.1, 0.15) is 36.2 Å². The highest BCUT2D eigenvalue weighted by molar-refractivity contribution is 7.89. The molecule has 0 bridgehead atoms. The van der Waals surface area contributed by atoms with E-state index in [-0.39, 0.29) is 23.4 Å². The molecule has 1 atom stereocenters. The molecule has 0 aliphatic heterocycles. The summed E-state index contributed by atoms with van der Waals surface area (Å²) in [7, 11) is -2.04. The predicted molar refractivity (Wildman–Crippen MR) is 106 cm³/mol. The second-order valence-corrected chi connectivity index (χ2v) is 8.07. The van der Waals surface area contributed by atoms with Gasteiger partial charge in [-0.05, 0) is 61.7 Å². The summed E-state index contributed by atoms with van der Waals surface area (Å²) in [5, 5.41) is 2.85. The first-order chi connectivity index (χ1) is 12.9. The van der Waals surface area contributed by atoms with Crippen molar-refractivity contribution in [2.24, 2.45) is 0 Å². The maximum atomic E-state index is 12.4. The van der Waals surface area contributed by atoms with Crippen LogP contribution in [0, 0.1) is 0 Å². The molecular weight excluding hydrogens is 364 g/mol. The first kappa shape index (κ1) is 20.9. The quantitative estimate of drug-likeness (QED) is 0.689. The van der Waals surface area contributed by atoms with E-state index in [1.54, 1.807) is 7.11 Å². The van der Waals surface area contributed by atoms with Gasteiger partial charge in [-0.1, -0.05) is 19.1 Å². The minimum atomic E-state index is -3.63. The van der Waals surface area contributed by atoms with Crippen molar-refractivity contribution < 1.29 is 17.9 Å². The van der Waals surface area contributed by atoms with Gasteiger partial charge in [0.05, 0.1) is 12.0 Å². The number of carbonyl (C=O) groups is 1. The van der Waals surface area contributed by atoms with Crippen molar-refractivity contribution in [1.82, 2.24) is 10.0 Å². The van der Waals surface area contributed by atoms with Crippen LogP contribution in [-0.2, 0) is 16.4 Å². The van der Waals surface area contributed by atoms with E-state index in [9.17, 15) is 13.2 Å². The number of nitrogens with one attached hydrogen (secondary N) is 2. The van der Waals surface area contributed by atoms with Gasteiger partial charge in [0, 0.05) is 18.2 Å². The Balaban J connectivity index is 1.96. The molecule has 2 aromatic carbocycles. The van der Waals surface area contributed by atoms with Gasteiger partial charge in [-0.25, -0.2) is 13.1 Å². The molecule has 0 aliphatic carbocycles. The van der Waals surface area contributed by atoms with Crippen LogP contribution in [0.3, 0.4) is 0 Å². The lowest BCUT2D eigenvalue weighted by atomic mass is 10.1. The third kappa shape index (κ3) is 6.08. The van der Waals surface area contributed by atoms with Crippen LogP contribution in [-0.4, -0.2) is 34.0 Å². The smallest absolute Gasteiger partial charge is 0.251 e. The Hall–Kier alpha value is -2.38. The fourth-order valence-corrected chi connectivity index (χ4v) is 3.47. The Kier molecular flexibility index (Phi) is 7.38. The molecule has 0 radical (unpaired) electrons. The van der Waals surface area contributed by atoms with E-state index in [1.807, 2.05) is 38.1 Å². The van der Waals surface area contributed by atoms with Gasteiger partial charge >= 0.3 is 0 Å². The highest BCUT2D eigenvalue weighted by Gasteiger charge is 2.15. The molecule has 2 rings (SSSR count). The van der Waals surface area contributed by atoms with Crippen molar-refractivity contribution >= 4 is 15.9 Å². The Morgan fingerprint density at radius 2 is 1.85 bits per heavy atom. The highest BCUT2D eigenvalue weighted by atomic mass is 32.2. The molecule has 1 unspecified atom stereocenters. The number of amides is 1. The van der Waals surface area contributed by atoms with Crippen LogP contribution in [0.5, 0.6) is 5.75 Å². The molecule has 0 saturated heterocycles. The van der Waals surface area contributed by atoms with E-state index in [2.05, 4.69) is 10.0 Å². The first-order valence-corrected chi connectivity index (χ1v) is 10.4. The lowest BCUT2D eigenvalue weighted by Gasteiger charge is -2.12. The van der Waals surface area contributed by atoms with E-state index in [0.29, 0.717) is 12.0 Å². The predicted octanol–water partition coefficient (Wildman–Crippen LogP) is 2.74. The molecule has 146 valence electrons. The van der Waals surface area contributed by atoms with E-state index >= 15 is 0 Å². The molecule has 0 aromatic heterocycles. The molecule has 7 heteroatoms. The van der Waals surface area contributed by atoms with Crippen molar-refractivity contribution in [3.05, 3.63) is 59.7 Å². The summed E-state index contributed by atoms with van der Waals surface area (Å²) < 4.78 is 32.6. The number of rotatable bonds is 9. The zero-order chi connectivity index (χ0) is 19.9. The summed E-state index contributed by atoms with van der Waals surface area (Å²) in [5.74, 6) is 0.529. The lowest BCUT2D eigenvalue weighted by Crippen LogP contribution is -2.32. The average Bonchev–Trinajstić information content (AvgIpc) is 2.68. The van der Waals surface area contributed by atoms with Crippen molar-refractivity contribution in [3.63, 3.8) is 0 Å². The van der Waals surface area contributed by atoms with Crippen molar-refractivity contribution in [2.45, 2.75) is 37.6 Å². The molecule has 2 aromatic rings. The minimum Gasteiger partial charge on any atom is -0.497 e. The highest BCUT2D eigenvalue weighted by Crippen LogP contribution is 2.14. The largest absolute Gasteiger partial charge is 0.497 e. The number of carbonyl (C=O) groups excluding carboxylic acids is 1. The van der Waals surface area contributed by atoms with Gasteiger partial charge in [-0.2, -0.15) is 0 Å². The minimum absolute atomic E-state index is 0.0687. The number of sulfonamides is 1. The van der Waals surface area contributed by atoms with Crippen LogP contribution in [0.4, 0.5) is 0 Å². The summed E-state index contributed by atoms with van der Waals surface area (Å²) in [4.78, 5) is 12.2. The van der Waals surface area contributed by atoms with Crippen LogP contribution in [0.2, 0.25) is 0 Å². The number of hydrogen-bond acceptors (Lipinski definition) is 4. The zero-order valence-corrected chi connectivity index (χ0v) is 16.7. The summed E-state index contributed by atoms with van der Waals surface area (Å²) in [6, 6.07) is 13.5. The Morgan fingerprint density at radius 3 is 2.48 bits per heavy atom. The zero-order valence-electron chi connectivity index (χ0n) is 15.9. The Morgan fingerprint density at radius 1 is 1.15 bits per heavy atom. The summed E-state index contributed by atoms with van der Waals surface area (Å²) in [6.45, 7) is 4.17. The number of methoxy groups -OCH3 is 1. The number of benzene rings is 2.